The van der Waals surface area contributed by atoms with E-state index in [1.807, 2.05) is 0 Å². The molecule has 0 spiro atoms. The van der Waals surface area contributed by atoms with Crippen molar-refractivity contribution < 1.29 is 86.1 Å². The Morgan fingerprint density at radius 3 is 0.940 bits per heavy atom. The molecule has 1 unspecified atom stereocenters. The van der Waals surface area contributed by atoms with Crippen molar-refractivity contribution in [1.82, 2.24) is 0 Å². The minimum atomic E-state index is -3.32. The van der Waals surface area contributed by atoms with Crippen LogP contribution in [0, 0.1) is 41.5 Å². The minimum absolute atomic E-state index is 0. The van der Waals surface area contributed by atoms with Gasteiger partial charge in [-0.25, -0.2) is 0 Å². The van der Waals surface area contributed by atoms with Gasteiger partial charge in [-0.05, 0) is 0 Å². The largest absolute Gasteiger partial charge is 1.00 e. The standard InChI is InChI=1S/C39H51O6Si.3ClH.Ti/c1-20-21(2)29(10)39(28(20)9)46(33-17-30(40-11)36(43-14)25(6)22(33)3,34-18-31(41-12)37(44-15)26(7)23(34)4)35-19-32(42-13)38(45-16)27(8)24(35)5;;;;/h17-19H,1-16H3;3*1H;/q;;;;+3/p-3. The molecule has 272 valence electrons. The van der Waals surface area contributed by atoms with Crippen molar-refractivity contribution in [1.29, 1.82) is 0 Å². The quantitative estimate of drug-likeness (QED) is 0.175. The number of allylic oxidation sites excluding steroid dienone is 4. The Labute approximate surface area is 331 Å². The SMILES string of the molecule is COc1cc([Si](C2=C(C)C(C)=C(C)[C]2(C)[Ti+3])(c2cc(OC)c(OC)c(C)c2C)c2cc(OC)c(OC)c(C)c2C)c(C)c(C)c1OC.[Cl-].[Cl-].[Cl-]. The second kappa shape index (κ2) is 17.0. The van der Waals surface area contributed by atoms with Crippen LogP contribution in [0.5, 0.6) is 34.5 Å². The molecule has 6 nitrogen and oxygen atoms in total. The summed E-state index contributed by atoms with van der Waals surface area (Å²) in [6, 6.07) is 6.72. The third-order valence-electron chi connectivity index (χ3n) is 11.0. The summed E-state index contributed by atoms with van der Waals surface area (Å²) in [6.45, 7) is 22.3. The molecule has 1 atom stereocenters. The molecule has 1 aliphatic rings. The molecular formula is C39H51Cl3O6SiTi. The van der Waals surface area contributed by atoms with Gasteiger partial charge in [0, 0.05) is 0 Å². The summed E-state index contributed by atoms with van der Waals surface area (Å²) >= 11 is 2.38. The number of benzene rings is 3. The normalized spacial score (nSPS) is 15.6. The van der Waals surface area contributed by atoms with Gasteiger partial charge in [-0.2, -0.15) is 0 Å². The van der Waals surface area contributed by atoms with Gasteiger partial charge in [-0.15, -0.1) is 0 Å². The van der Waals surface area contributed by atoms with E-state index in [0.717, 1.165) is 33.9 Å². The van der Waals surface area contributed by atoms with Crippen molar-refractivity contribution in [2.45, 2.75) is 73.0 Å². The van der Waals surface area contributed by atoms with Gasteiger partial charge in [0.25, 0.3) is 0 Å². The van der Waals surface area contributed by atoms with Crippen molar-refractivity contribution in [2.75, 3.05) is 42.7 Å². The van der Waals surface area contributed by atoms with Crippen LogP contribution in [-0.2, 0) is 20.4 Å². The first-order valence-electron chi connectivity index (χ1n) is 15.9. The van der Waals surface area contributed by atoms with Crippen LogP contribution in [0.15, 0.2) is 40.1 Å². The molecule has 0 amide bonds. The summed E-state index contributed by atoms with van der Waals surface area (Å²) in [4.78, 5) is 0. The molecule has 0 fully saturated rings. The topological polar surface area (TPSA) is 55.4 Å². The summed E-state index contributed by atoms with van der Waals surface area (Å²) in [5, 5.41) is 5.14. The van der Waals surface area contributed by atoms with Crippen LogP contribution in [0.4, 0.5) is 0 Å². The molecule has 3 aromatic carbocycles. The van der Waals surface area contributed by atoms with Crippen LogP contribution in [0.25, 0.3) is 0 Å². The van der Waals surface area contributed by atoms with Crippen LogP contribution in [-0.4, -0.2) is 50.7 Å². The van der Waals surface area contributed by atoms with Crippen molar-refractivity contribution in [3.63, 3.8) is 0 Å². The fourth-order valence-corrected chi connectivity index (χ4v) is 16.0. The van der Waals surface area contributed by atoms with Crippen LogP contribution in [0.3, 0.4) is 0 Å². The number of methoxy groups -OCH3 is 6. The molecule has 4 rings (SSSR count). The first-order valence-corrected chi connectivity index (χ1v) is 18.7. The average Bonchev–Trinajstić information content (AvgIpc) is 3.20. The minimum Gasteiger partial charge on any atom is -1.00 e. The molecule has 0 aliphatic heterocycles. The summed E-state index contributed by atoms with van der Waals surface area (Å²) in [6.07, 6.45) is 0. The number of hydrogen-bond acceptors (Lipinski definition) is 6. The molecule has 1 aliphatic carbocycles. The zero-order valence-electron chi connectivity index (χ0n) is 32.3. The van der Waals surface area contributed by atoms with E-state index >= 15 is 0 Å². The summed E-state index contributed by atoms with van der Waals surface area (Å²) in [5.41, 5.74) is 10.7. The van der Waals surface area contributed by atoms with Gasteiger partial charge in [0.2, 0.25) is 0 Å². The van der Waals surface area contributed by atoms with Gasteiger partial charge >= 0.3 is 296 Å². The van der Waals surface area contributed by atoms with E-state index in [1.165, 1.54) is 54.2 Å². The van der Waals surface area contributed by atoms with E-state index in [-0.39, 0.29) is 40.9 Å². The van der Waals surface area contributed by atoms with Gasteiger partial charge in [0.05, 0.1) is 0 Å². The number of halogens is 3. The van der Waals surface area contributed by atoms with Crippen LogP contribution in [0.2, 0.25) is 3.72 Å². The third kappa shape index (κ3) is 6.60. The Kier molecular flexibility index (Phi) is 15.6. The second-order valence-corrected chi connectivity index (χ2v) is 18.0. The molecule has 11 heteroatoms. The Hall–Kier alpha value is -2.26. The van der Waals surface area contributed by atoms with Gasteiger partial charge in [0.1, 0.15) is 0 Å². The van der Waals surface area contributed by atoms with E-state index in [0.29, 0.717) is 17.2 Å². The third-order valence-corrected chi connectivity index (χ3v) is 18.0. The monoisotopic (exact) mass is 796 g/mol. The fourth-order valence-electron chi connectivity index (χ4n) is 7.87. The molecule has 50 heavy (non-hydrogen) atoms. The van der Waals surface area contributed by atoms with Crippen molar-refractivity contribution in [3.8, 4) is 34.5 Å². The van der Waals surface area contributed by atoms with Gasteiger partial charge in [0.15, 0.2) is 0 Å². The molecule has 0 N–H and O–H groups in total. The fraction of sp³-hybridized carbons (Fsp3) is 0.436. The zero-order valence-corrected chi connectivity index (χ0v) is 37.1. The molecule has 0 aromatic heterocycles. The molecule has 0 radical (unpaired) electrons. The predicted molar refractivity (Wildman–Crippen MR) is 191 cm³/mol. The van der Waals surface area contributed by atoms with E-state index < -0.39 is 8.07 Å². The number of hydrogen-bond donors (Lipinski definition) is 0. The Bertz CT molecular complexity index is 1670. The maximum absolute atomic E-state index is 6.12. The van der Waals surface area contributed by atoms with E-state index in [2.05, 4.69) is 108 Å². The Morgan fingerprint density at radius 1 is 0.460 bits per heavy atom. The smallest absolute Gasteiger partial charge is 1.00 e. The van der Waals surface area contributed by atoms with Crippen LogP contribution in [0.1, 0.15) is 61.1 Å². The Balaban J connectivity index is 0.00000417. The maximum atomic E-state index is 6.12. The van der Waals surface area contributed by atoms with Gasteiger partial charge < -0.3 is 37.2 Å². The molecule has 0 heterocycles. The molecule has 3 aromatic rings. The Morgan fingerprint density at radius 2 is 0.740 bits per heavy atom. The average molecular weight is 798 g/mol. The van der Waals surface area contributed by atoms with Crippen molar-refractivity contribution >= 4 is 23.6 Å². The molecule has 0 bridgehead atoms. The summed E-state index contributed by atoms with van der Waals surface area (Å²) < 4.78 is 36.0. The summed E-state index contributed by atoms with van der Waals surface area (Å²) in [7, 11) is 6.97. The molecule has 0 saturated carbocycles. The zero-order chi connectivity index (χ0) is 35.3. The van der Waals surface area contributed by atoms with E-state index in [4.69, 9.17) is 28.4 Å². The first-order chi connectivity index (χ1) is 22.1. The van der Waals surface area contributed by atoms with Crippen LogP contribution < -0.4 is 81.2 Å². The molecule has 0 saturated heterocycles. The number of rotatable bonds is 10. The second-order valence-electron chi connectivity index (χ2n) is 12.9. The van der Waals surface area contributed by atoms with Crippen LogP contribution >= 0.6 is 0 Å². The van der Waals surface area contributed by atoms with Crippen molar-refractivity contribution in [2.24, 2.45) is 0 Å². The van der Waals surface area contributed by atoms with Crippen molar-refractivity contribution in [3.05, 3.63) is 73.5 Å². The first kappa shape index (κ1) is 45.8. The summed E-state index contributed by atoms with van der Waals surface area (Å²) in [5.74, 6) is 4.38. The van der Waals surface area contributed by atoms with Gasteiger partial charge in [-0.1, -0.05) is 0 Å². The van der Waals surface area contributed by atoms with E-state index in [9.17, 15) is 0 Å². The maximum Gasteiger partial charge on any atom is -1.00 e. The van der Waals surface area contributed by atoms with E-state index in [1.54, 1.807) is 42.7 Å². The number of ether oxygens (including phenoxy) is 6. The van der Waals surface area contributed by atoms with Gasteiger partial charge in [-0.3, -0.25) is 0 Å². The predicted octanol–water partition coefficient (Wildman–Crippen LogP) is -2.00. The molecular weight excluding hydrogens is 747 g/mol.